The fraction of sp³-hybridized carbons (Fsp3) is 0.217. The number of hydrogen-bond acceptors (Lipinski definition) is 5. The first kappa shape index (κ1) is 16.8. The van der Waals surface area contributed by atoms with E-state index in [1.165, 1.54) is 0 Å². The van der Waals surface area contributed by atoms with Gasteiger partial charge in [0.1, 0.15) is 11.3 Å². The van der Waals surface area contributed by atoms with Crippen LogP contribution in [0.25, 0.3) is 33.8 Å². The number of aromatic nitrogens is 2. The number of ether oxygens (including phenoxy) is 2. The van der Waals surface area contributed by atoms with Crippen molar-refractivity contribution in [3.05, 3.63) is 60.2 Å². The lowest BCUT2D eigenvalue weighted by Gasteiger charge is -2.13. The smallest absolute Gasteiger partial charge is 0.221 e. The molecule has 28 heavy (non-hydrogen) atoms. The van der Waals surface area contributed by atoms with Crippen LogP contribution in [0, 0.1) is 0 Å². The summed E-state index contributed by atoms with van der Waals surface area (Å²) < 4.78 is 18.3. The lowest BCUT2D eigenvalue weighted by atomic mass is 10.1. The molecule has 0 saturated carbocycles. The third-order valence-electron chi connectivity index (χ3n) is 4.81. The maximum absolute atomic E-state index is 6.18. The highest BCUT2D eigenvalue weighted by molar-refractivity contribution is 5.92. The normalized spacial score (nSPS) is 12.8. The molecule has 140 valence electrons. The Hall–Kier alpha value is -3.34. The topological polar surface area (TPSA) is 57.4 Å². The van der Waals surface area contributed by atoms with Gasteiger partial charge in [0, 0.05) is 17.5 Å². The van der Waals surface area contributed by atoms with Crippen molar-refractivity contribution in [2.75, 3.05) is 13.2 Å². The van der Waals surface area contributed by atoms with E-state index in [1.54, 1.807) is 0 Å². The van der Waals surface area contributed by atoms with Gasteiger partial charge in [0.05, 0.1) is 18.6 Å². The van der Waals surface area contributed by atoms with Crippen molar-refractivity contribution in [2.24, 2.45) is 0 Å². The van der Waals surface area contributed by atoms with Crippen molar-refractivity contribution in [3.63, 3.8) is 0 Å². The van der Waals surface area contributed by atoms with Crippen molar-refractivity contribution < 1.29 is 13.9 Å². The van der Waals surface area contributed by atoms with E-state index < -0.39 is 0 Å². The van der Waals surface area contributed by atoms with Crippen LogP contribution in [0.2, 0.25) is 0 Å². The summed E-state index contributed by atoms with van der Waals surface area (Å²) in [6.07, 6.45) is 1.58. The number of para-hydroxylation sites is 1. The summed E-state index contributed by atoms with van der Waals surface area (Å²) >= 11 is 0. The van der Waals surface area contributed by atoms with Crippen LogP contribution in [0.15, 0.2) is 59.0 Å². The number of rotatable bonds is 4. The van der Waals surface area contributed by atoms with Crippen LogP contribution in [-0.4, -0.2) is 23.2 Å². The zero-order valence-electron chi connectivity index (χ0n) is 15.6. The first-order valence-electron chi connectivity index (χ1n) is 9.59. The molecule has 3 heterocycles. The van der Waals surface area contributed by atoms with Crippen molar-refractivity contribution >= 4 is 11.0 Å². The quantitative estimate of drug-likeness (QED) is 0.488. The summed E-state index contributed by atoms with van der Waals surface area (Å²) in [4.78, 5) is 9.62. The molecule has 0 atom stereocenters. The predicted molar refractivity (Wildman–Crippen MR) is 108 cm³/mol. The SMILES string of the molecule is CCCOc1nc(-c2ccccc2)nc2c1CCOc1c-2oc2ccccc12. The van der Waals surface area contributed by atoms with Crippen molar-refractivity contribution in [1.29, 1.82) is 0 Å². The fourth-order valence-electron chi connectivity index (χ4n) is 3.49. The van der Waals surface area contributed by atoms with Gasteiger partial charge in [0.15, 0.2) is 17.3 Å². The Bertz CT molecular complexity index is 1140. The molecule has 5 rings (SSSR count). The van der Waals surface area contributed by atoms with Crippen LogP contribution in [-0.2, 0) is 6.42 Å². The van der Waals surface area contributed by atoms with E-state index >= 15 is 0 Å². The third-order valence-corrected chi connectivity index (χ3v) is 4.81. The minimum atomic E-state index is 0.528. The Morgan fingerprint density at radius 2 is 1.82 bits per heavy atom. The van der Waals surface area contributed by atoms with Gasteiger partial charge in [0.25, 0.3) is 0 Å². The summed E-state index contributed by atoms with van der Waals surface area (Å²) in [5.41, 5.74) is 3.42. The highest BCUT2D eigenvalue weighted by Gasteiger charge is 2.28. The second-order valence-electron chi connectivity index (χ2n) is 6.75. The van der Waals surface area contributed by atoms with Gasteiger partial charge in [-0.1, -0.05) is 49.4 Å². The molecule has 5 heteroatoms. The summed E-state index contributed by atoms with van der Waals surface area (Å²) in [6, 6.07) is 17.8. The summed E-state index contributed by atoms with van der Waals surface area (Å²) in [6.45, 7) is 3.21. The van der Waals surface area contributed by atoms with Crippen molar-refractivity contribution in [3.8, 4) is 34.5 Å². The second-order valence-corrected chi connectivity index (χ2v) is 6.75. The van der Waals surface area contributed by atoms with E-state index in [-0.39, 0.29) is 0 Å². The first-order valence-corrected chi connectivity index (χ1v) is 9.59. The lowest BCUT2D eigenvalue weighted by Crippen LogP contribution is -2.07. The van der Waals surface area contributed by atoms with Gasteiger partial charge in [-0.05, 0) is 18.6 Å². The maximum atomic E-state index is 6.18. The molecule has 0 saturated heterocycles. The van der Waals surface area contributed by atoms with Crippen LogP contribution < -0.4 is 9.47 Å². The van der Waals surface area contributed by atoms with Gasteiger partial charge in [-0.3, -0.25) is 0 Å². The number of benzene rings is 2. The van der Waals surface area contributed by atoms with Crippen LogP contribution in [0.4, 0.5) is 0 Å². The standard InChI is InChI=1S/C23H20N2O3/c1-2-13-27-23-17-12-14-26-20-16-10-6-7-11-18(16)28-21(20)19(17)24-22(25-23)15-8-4-3-5-9-15/h3-11H,2,12-14H2,1H3. The van der Waals surface area contributed by atoms with Crippen molar-refractivity contribution in [1.82, 2.24) is 9.97 Å². The average molecular weight is 372 g/mol. The number of furan rings is 1. The van der Waals surface area contributed by atoms with Crippen LogP contribution >= 0.6 is 0 Å². The minimum Gasteiger partial charge on any atom is -0.488 e. The largest absolute Gasteiger partial charge is 0.488 e. The third kappa shape index (κ3) is 2.80. The summed E-state index contributed by atoms with van der Waals surface area (Å²) in [5.74, 6) is 2.63. The molecule has 0 N–H and O–H groups in total. The Morgan fingerprint density at radius 3 is 2.68 bits per heavy atom. The Kier molecular flexibility index (Phi) is 4.20. The molecule has 1 aliphatic rings. The van der Waals surface area contributed by atoms with Gasteiger partial charge < -0.3 is 13.9 Å². The van der Waals surface area contributed by atoms with Gasteiger partial charge in [-0.2, -0.15) is 4.98 Å². The van der Waals surface area contributed by atoms with Crippen molar-refractivity contribution in [2.45, 2.75) is 19.8 Å². The lowest BCUT2D eigenvalue weighted by molar-refractivity contribution is 0.295. The number of hydrogen-bond donors (Lipinski definition) is 0. The zero-order valence-corrected chi connectivity index (χ0v) is 15.6. The molecule has 2 aromatic carbocycles. The van der Waals surface area contributed by atoms with E-state index in [0.717, 1.165) is 40.0 Å². The van der Waals surface area contributed by atoms with E-state index in [4.69, 9.17) is 23.9 Å². The minimum absolute atomic E-state index is 0.528. The van der Waals surface area contributed by atoms with Gasteiger partial charge in [-0.25, -0.2) is 4.98 Å². The molecular formula is C23H20N2O3. The Balaban J connectivity index is 1.76. The molecule has 0 bridgehead atoms. The fourth-order valence-corrected chi connectivity index (χ4v) is 3.49. The summed E-state index contributed by atoms with van der Waals surface area (Å²) in [5, 5.41) is 0.959. The first-order chi connectivity index (χ1) is 13.8. The van der Waals surface area contributed by atoms with Gasteiger partial charge >= 0.3 is 0 Å². The molecule has 0 spiro atoms. The van der Waals surface area contributed by atoms with Crippen LogP contribution in [0.5, 0.6) is 11.6 Å². The van der Waals surface area contributed by atoms with E-state index in [2.05, 4.69) is 6.92 Å². The second kappa shape index (κ2) is 7.00. The Morgan fingerprint density at radius 1 is 1.00 bits per heavy atom. The molecule has 2 aromatic heterocycles. The monoisotopic (exact) mass is 372 g/mol. The number of nitrogens with zero attached hydrogens (tertiary/aromatic N) is 2. The highest BCUT2D eigenvalue weighted by atomic mass is 16.5. The highest BCUT2D eigenvalue weighted by Crippen LogP contribution is 2.44. The van der Waals surface area contributed by atoms with Gasteiger partial charge in [-0.15, -0.1) is 0 Å². The molecule has 0 radical (unpaired) electrons. The zero-order chi connectivity index (χ0) is 18.9. The van der Waals surface area contributed by atoms with Gasteiger partial charge in [0.2, 0.25) is 5.88 Å². The number of fused-ring (bicyclic) bond motifs is 5. The molecular weight excluding hydrogens is 352 g/mol. The van der Waals surface area contributed by atoms with E-state index in [9.17, 15) is 0 Å². The predicted octanol–water partition coefficient (Wildman–Crippen LogP) is 5.28. The van der Waals surface area contributed by atoms with E-state index in [1.807, 2.05) is 54.6 Å². The molecule has 4 aromatic rings. The maximum Gasteiger partial charge on any atom is 0.221 e. The summed E-state index contributed by atoms with van der Waals surface area (Å²) in [7, 11) is 0. The molecule has 1 aliphatic heterocycles. The van der Waals surface area contributed by atoms with Crippen LogP contribution in [0.1, 0.15) is 18.9 Å². The molecule has 0 aliphatic carbocycles. The van der Waals surface area contributed by atoms with E-state index in [0.29, 0.717) is 37.1 Å². The van der Waals surface area contributed by atoms with Crippen LogP contribution in [0.3, 0.4) is 0 Å². The molecule has 0 fully saturated rings. The molecule has 0 unspecified atom stereocenters. The molecule has 0 amide bonds. The Labute approximate surface area is 163 Å². The average Bonchev–Trinajstić information content (AvgIpc) is 3.01. The molecule has 5 nitrogen and oxygen atoms in total.